The minimum Gasteiger partial charge on any atom is -0.409 e. The molecule has 11 nitrogen and oxygen atoms in total. The van der Waals surface area contributed by atoms with Crippen LogP contribution in [0.5, 0.6) is 0 Å². The van der Waals surface area contributed by atoms with Crippen LogP contribution in [0.1, 0.15) is 44.0 Å². The van der Waals surface area contributed by atoms with E-state index >= 15 is 0 Å². The Balaban J connectivity index is 1.35. The number of ether oxygens (including phenoxy) is 1. The van der Waals surface area contributed by atoms with Gasteiger partial charge in [-0.25, -0.2) is 15.0 Å². The van der Waals surface area contributed by atoms with Gasteiger partial charge in [-0.1, -0.05) is 39.0 Å². The highest BCUT2D eigenvalue weighted by molar-refractivity contribution is 6.74. The molecular weight excluding hydrogens is 516 g/mol. The first-order valence-electron chi connectivity index (χ1n) is 13.2. The van der Waals surface area contributed by atoms with Gasteiger partial charge in [-0.05, 0) is 36.7 Å². The van der Waals surface area contributed by atoms with Gasteiger partial charge in [0, 0.05) is 18.6 Å². The lowest BCUT2D eigenvalue weighted by Crippen LogP contribution is -2.66. The summed E-state index contributed by atoms with van der Waals surface area (Å²) in [6, 6.07) is 8.80. The maximum Gasteiger partial charge on any atom is 0.256 e. The maximum atomic E-state index is 13.4. The molecule has 3 aromatic rings. The van der Waals surface area contributed by atoms with E-state index in [1.807, 2.05) is 6.07 Å². The van der Waals surface area contributed by atoms with Crippen LogP contribution in [0.4, 0.5) is 5.82 Å². The number of hydrogen-bond acceptors (Lipinski definition) is 8. The second-order valence-corrected chi connectivity index (χ2v) is 16.6. The summed E-state index contributed by atoms with van der Waals surface area (Å²) in [5.74, 6) is -0.361. The van der Waals surface area contributed by atoms with E-state index in [0.29, 0.717) is 36.2 Å². The van der Waals surface area contributed by atoms with Crippen LogP contribution in [0.25, 0.3) is 11.2 Å². The van der Waals surface area contributed by atoms with Gasteiger partial charge >= 0.3 is 0 Å². The molecule has 0 spiro atoms. The second-order valence-electron chi connectivity index (χ2n) is 11.9. The Hall–Kier alpha value is -3.19. The van der Waals surface area contributed by atoms with E-state index in [-0.39, 0.29) is 35.3 Å². The molecule has 1 aromatic carbocycles. The summed E-state index contributed by atoms with van der Waals surface area (Å²) in [6.45, 7) is 11.2. The van der Waals surface area contributed by atoms with Gasteiger partial charge in [-0.3, -0.25) is 9.59 Å². The van der Waals surface area contributed by atoms with E-state index in [9.17, 15) is 14.7 Å². The minimum atomic E-state index is -2.22. The Labute approximate surface area is 228 Å². The average Bonchev–Trinajstić information content (AvgIpc) is 3.33. The predicted octanol–water partition coefficient (Wildman–Crippen LogP) is 2.88. The van der Waals surface area contributed by atoms with Crippen LogP contribution in [0.3, 0.4) is 0 Å². The summed E-state index contributed by atoms with van der Waals surface area (Å²) in [6.07, 6.45) is 2.18. The first-order chi connectivity index (χ1) is 18.4. The minimum absolute atomic E-state index is 0.0386. The molecule has 2 aliphatic rings. The van der Waals surface area contributed by atoms with Gasteiger partial charge in [0.2, 0.25) is 5.91 Å². The van der Waals surface area contributed by atoms with E-state index in [0.717, 1.165) is 0 Å². The number of rotatable bonds is 7. The fourth-order valence-corrected chi connectivity index (χ4v) is 6.47. The van der Waals surface area contributed by atoms with Crippen molar-refractivity contribution in [2.45, 2.75) is 82.1 Å². The molecule has 5 rings (SSSR count). The van der Waals surface area contributed by atoms with Crippen molar-refractivity contribution in [3.8, 4) is 0 Å². The van der Waals surface area contributed by atoms with Gasteiger partial charge in [0.15, 0.2) is 25.3 Å². The molecule has 2 amide bonds. The van der Waals surface area contributed by atoms with Crippen LogP contribution < -0.4 is 10.6 Å². The van der Waals surface area contributed by atoms with Crippen molar-refractivity contribution in [3.63, 3.8) is 0 Å². The Bertz CT molecular complexity index is 1370. The SMILES string of the molecule is CC(C)(C)[Si](C)(C)OC1C2CC(O)C1(NC(=O)Cn1cnc3c(NC(=O)c4ccccc4)ncnc31)CCO2. The highest BCUT2D eigenvalue weighted by atomic mass is 28.4. The number of amides is 2. The number of benzene rings is 1. The fourth-order valence-electron chi connectivity index (χ4n) is 5.12. The van der Waals surface area contributed by atoms with Gasteiger partial charge in [-0.2, -0.15) is 0 Å². The molecule has 39 heavy (non-hydrogen) atoms. The lowest BCUT2D eigenvalue weighted by atomic mass is 9.87. The quantitative estimate of drug-likeness (QED) is 0.380. The molecule has 4 atom stereocenters. The summed E-state index contributed by atoms with van der Waals surface area (Å²) < 4.78 is 14.3. The Morgan fingerprint density at radius 3 is 2.67 bits per heavy atom. The molecule has 2 fully saturated rings. The molecule has 4 unspecified atom stereocenters. The number of carbonyl (C=O) groups is 2. The van der Waals surface area contributed by atoms with E-state index in [1.165, 1.54) is 12.7 Å². The zero-order valence-electron chi connectivity index (χ0n) is 23.0. The van der Waals surface area contributed by atoms with Crippen LogP contribution >= 0.6 is 0 Å². The van der Waals surface area contributed by atoms with Crippen LogP contribution in [-0.2, 0) is 20.5 Å². The third kappa shape index (κ3) is 5.09. The molecule has 1 aliphatic carbocycles. The largest absolute Gasteiger partial charge is 0.409 e. The smallest absolute Gasteiger partial charge is 0.256 e. The predicted molar refractivity (Wildman–Crippen MR) is 148 cm³/mol. The average molecular weight is 553 g/mol. The number of nitrogens with zero attached hydrogens (tertiary/aromatic N) is 4. The first-order valence-corrected chi connectivity index (χ1v) is 16.1. The molecule has 1 saturated carbocycles. The van der Waals surface area contributed by atoms with Crippen molar-refractivity contribution in [3.05, 3.63) is 48.5 Å². The second kappa shape index (κ2) is 10.1. The molecule has 208 valence electrons. The third-order valence-electron chi connectivity index (χ3n) is 8.33. The zero-order chi connectivity index (χ0) is 28.0. The van der Waals surface area contributed by atoms with E-state index in [2.05, 4.69) is 59.5 Å². The summed E-state index contributed by atoms with van der Waals surface area (Å²) in [4.78, 5) is 38.9. The van der Waals surface area contributed by atoms with Crippen molar-refractivity contribution in [2.75, 3.05) is 11.9 Å². The lowest BCUT2D eigenvalue weighted by molar-refractivity contribution is -0.132. The molecule has 3 heterocycles. The van der Waals surface area contributed by atoms with Gasteiger partial charge in [-0.15, -0.1) is 0 Å². The molecule has 3 N–H and O–H groups in total. The van der Waals surface area contributed by atoms with E-state index in [1.54, 1.807) is 28.8 Å². The summed E-state index contributed by atoms with van der Waals surface area (Å²) in [7, 11) is -2.22. The van der Waals surface area contributed by atoms with E-state index in [4.69, 9.17) is 9.16 Å². The number of aromatic nitrogens is 4. The summed E-state index contributed by atoms with van der Waals surface area (Å²) in [5.41, 5.74) is 0.336. The number of fused-ring (bicyclic) bond motifs is 3. The molecule has 2 bridgehead atoms. The Morgan fingerprint density at radius 2 is 1.95 bits per heavy atom. The van der Waals surface area contributed by atoms with Gasteiger partial charge < -0.3 is 29.5 Å². The molecular formula is C27H36N6O5Si. The molecule has 12 heteroatoms. The summed E-state index contributed by atoms with van der Waals surface area (Å²) >= 11 is 0. The molecule has 1 saturated heterocycles. The number of imidazole rings is 1. The molecule has 2 aromatic heterocycles. The first kappa shape index (κ1) is 27.4. The van der Waals surface area contributed by atoms with Crippen molar-refractivity contribution in [2.24, 2.45) is 0 Å². The number of carbonyl (C=O) groups excluding carboxylic acids is 2. The number of nitrogens with one attached hydrogen (secondary N) is 2. The highest BCUT2D eigenvalue weighted by Crippen LogP contribution is 2.46. The van der Waals surface area contributed by atoms with Crippen molar-refractivity contribution >= 4 is 37.1 Å². The maximum absolute atomic E-state index is 13.4. The molecule has 0 radical (unpaired) electrons. The number of aliphatic hydroxyl groups excluding tert-OH is 1. The standard InChI is InChI=1S/C27H36N6O5Si/c1-26(2,3)39(4,5)38-22-18-13-19(34)27(22,11-12-37-18)32-20(35)14-33-16-30-21-23(28-15-29-24(21)33)31-25(36)17-9-7-6-8-10-17/h6-10,15-16,18-19,22,34H,11-14H2,1-5H3,(H,32,35)(H,28,29,31,36). The van der Waals surface area contributed by atoms with Crippen LogP contribution in [-0.4, -0.2) is 75.2 Å². The van der Waals surface area contributed by atoms with Crippen LogP contribution in [0.2, 0.25) is 18.1 Å². The van der Waals surface area contributed by atoms with Crippen molar-refractivity contribution < 1.29 is 23.9 Å². The monoisotopic (exact) mass is 552 g/mol. The Morgan fingerprint density at radius 1 is 1.21 bits per heavy atom. The number of aliphatic hydroxyl groups is 1. The summed E-state index contributed by atoms with van der Waals surface area (Å²) in [5, 5.41) is 17.0. The lowest BCUT2D eigenvalue weighted by Gasteiger charge is -2.48. The van der Waals surface area contributed by atoms with Crippen LogP contribution in [0, 0.1) is 0 Å². The van der Waals surface area contributed by atoms with Crippen molar-refractivity contribution in [1.29, 1.82) is 0 Å². The number of hydrogen-bond donors (Lipinski definition) is 3. The van der Waals surface area contributed by atoms with Crippen LogP contribution in [0.15, 0.2) is 43.0 Å². The normalized spacial score (nSPS) is 25.0. The number of anilines is 1. The van der Waals surface area contributed by atoms with E-state index < -0.39 is 26.1 Å². The fraction of sp³-hybridized carbons (Fsp3) is 0.519. The van der Waals surface area contributed by atoms with Gasteiger partial charge in [0.05, 0.1) is 30.2 Å². The third-order valence-corrected chi connectivity index (χ3v) is 12.8. The molecule has 1 aliphatic heterocycles. The highest BCUT2D eigenvalue weighted by Gasteiger charge is 2.61. The van der Waals surface area contributed by atoms with Crippen molar-refractivity contribution in [1.82, 2.24) is 24.8 Å². The van der Waals surface area contributed by atoms with Gasteiger partial charge in [0.25, 0.3) is 5.91 Å². The Kier molecular flexibility index (Phi) is 7.08. The topological polar surface area (TPSA) is 140 Å². The van der Waals surface area contributed by atoms with Gasteiger partial charge in [0.1, 0.15) is 12.9 Å². The zero-order valence-corrected chi connectivity index (χ0v) is 24.0.